The van der Waals surface area contributed by atoms with Gasteiger partial charge >= 0.3 is 5.97 Å². The molecule has 0 bridgehead atoms. The van der Waals surface area contributed by atoms with E-state index in [0.717, 1.165) is 45.3 Å². The molecule has 1 heterocycles. The summed E-state index contributed by atoms with van der Waals surface area (Å²) < 4.78 is 10.5. The number of hydrogen-bond donors (Lipinski definition) is 1. The van der Waals surface area contributed by atoms with Gasteiger partial charge in [-0.1, -0.05) is 19.8 Å². The lowest BCUT2D eigenvalue weighted by atomic mass is 9.94. The topological polar surface area (TPSA) is 61.6 Å². The van der Waals surface area contributed by atoms with Crippen LogP contribution in [-0.2, 0) is 14.3 Å². The molecule has 0 aromatic rings. The van der Waals surface area contributed by atoms with Crippen molar-refractivity contribution in [1.29, 1.82) is 0 Å². The first-order valence-electron chi connectivity index (χ1n) is 7.19. The smallest absolute Gasteiger partial charge is 0.305 e. The van der Waals surface area contributed by atoms with Crippen LogP contribution >= 0.6 is 0 Å². The van der Waals surface area contributed by atoms with Gasteiger partial charge in [-0.25, -0.2) is 0 Å². The van der Waals surface area contributed by atoms with Crippen LogP contribution in [0.1, 0.15) is 45.4 Å². The predicted molar refractivity (Wildman–Crippen MR) is 71.2 cm³/mol. The summed E-state index contributed by atoms with van der Waals surface area (Å²) in [6, 6.07) is 0. The Hall–Kier alpha value is -0.610. The maximum atomic E-state index is 11.6. The van der Waals surface area contributed by atoms with Crippen LogP contribution in [0.25, 0.3) is 0 Å². The molecule has 2 unspecified atom stereocenters. The van der Waals surface area contributed by atoms with Gasteiger partial charge in [0.25, 0.3) is 0 Å². The van der Waals surface area contributed by atoms with Crippen molar-refractivity contribution in [3.8, 4) is 0 Å². The van der Waals surface area contributed by atoms with E-state index >= 15 is 0 Å². The lowest BCUT2D eigenvalue weighted by Crippen LogP contribution is -2.16. The number of carbonyl (C=O) groups is 1. The number of esters is 1. The molecular weight excluding hydrogens is 230 g/mol. The lowest BCUT2D eigenvalue weighted by molar-refractivity contribution is -0.145. The SMILES string of the molecule is CCCC(CCN)CCC(=O)OCC1CCOC1. The Labute approximate surface area is 110 Å². The molecule has 0 amide bonds. The number of hydrogen-bond acceptors (Lipinski definition) is 4. The van der Waals surface area contributed by atoms with E-state index in [1.807, 2.05) is 0 Å². The first-order valence-corrected chi connectivity index (χ1v) is 7.19. The number of carbonyl (C=O) groups excluding carboxylic acids is 1. The van der Waals surface area contributed by atoms with E-state index in [2.05, 4.69) is 6.92 Å². The largest absolute Gasteiger partial charge is 0.465 e. The molecular formula is C14H27NO3. The van der Waals surface area contributed by atoms with Gasteiger partial charge in [-0.15, -0.1) is 0 Å². The number of ether oxygens (including phenoxy) is 2. The molecule has 4 heteroatoms. The zero-order valence-electron chi connectivity index (χ0n) is 11.5. The second-order valence-corrected chi connectivity index (χ2v) is 5.18. The fourth-order valence-corrected chi connectivity index (χ4v) is 2.40. The monoisotopic (exact) mass is 257 g/mol. The molecule has 1 aliphatic heterocycles. The first-order chi connectivity index (χ1) is 8.76. The second kappa shape index (κ2) is 9.34. The zero-order valence-corrected chi connectivity index (χ0v) is 11.5. The molecule has 1 aliphatic rings. The van der Waals surface area contributed by atoms with Crippen molar-refractivity contribution in [1.82, 2.24) is 0 Å². The van der Waals surface area contributed by atoms with Crippen molar-refractivity contribution in [2.45, 2.75) is 45.4 Å². The lowest BCUT2D eigenvalue weighted by Gasteiger charge is -2.15. The Morgan fingerprint density at radius 1 is 1.44 bits per heavy atom. The highest BCUT2D eigenvalue weighted by atomic mass is 16.5. The third-order valence-corrected chi connectivity index (χ3v) is 3.53. The molecule has 106 valence electrons. The van der Waals surface area contributed by atoms with Gasteiger partial charge in [-0.3, -0.25) is 4.79 Å². The summed E-state index contributed by atoms with van der Waals surface area (Å²) in [6.07, 6.45) is 5.76. The predicted octanol–water partition coefficient (Wildman–Crippen LogP) is 2.11. The Balaban J connectivity index is 2.10. The molecule has 1 fully saturated rings. The molecule has 18 heavy (non-hydrogen) atoms. The summed E-state index contributed by atoms with van der Waals surface area (Å²) in [6.45, 7) is 4.94. The Morgan fingerprint density at radius 2 is 2.28 bits per heavy atom. The average molecular weight is 257 g/mol. The van der Waals surface area contributed by atoms with E-state index in [0.29, 0.717) is 31.4 Å². The fourth-order valence-electron chi connectivity index (χ4n) is 2.40. The van der Waals surface area contributed by atoms with Crippen molar-refractivity contribution in [2.75, 3.05) is 26.4 Å². The van der Waals surface area contributed by atoms with Crippen LogP contribution in [0.3, 0.4) is 0 Å². The van der Waals surface area contributed by atoms with Crippen LogP contribution in [-0.4, -0.2) is 32.3 Å². The van der Waals surface area contributed by atoms with E-state index in [1.165, 1.54) is 0 Å². The number of rotatable bonds is 9. The molecule has 0 saturated carbocycles. The van der Waals surface area contributed by atoms with Crippen molar-refractivity contribution in [3.63, 3.8) is 0 Å². The molecule has 1 saturated heterocycles. The zero-order chi connectivity index (χ0) is 13.2. The van der Waals surface area contributed by atoms with Gasteiger partial charge < -0.3 is 15.2 Å². The minimum absolute atomic E-state index is 0.0694. The van der Waals surface area contributed by atoms with Gasteiger partial charge in [0.15, 0.2) is 0 Å². The summed E-state index contributed by atoms with van der Waals surface area (Å²) >= 11 is 0. The van der Waals surface area contributed by atoms with Crippen LogP contribution in [0, 0.1) is 11.8 Å². The van der Waals surface area contributed by atoms with Crippen LogP contribution < -0.4 is 5.73 Å². The van der Waals surface area contributed by atoms with E-state index in [9.17, 15) is 4.79 Å². The van der Waals surface area contributed by atoms with E-state index < -0.39 is 0 Å². The normalized spacial score (nSPS) is 20.9. The highest BCUT2D eigenvalue weighted by Crippen LogP contribution is 2.18. The Kier molecular flexibility index (Phi) is 8.01. The van der Waals surface area contributed by atoms with Gasteiger partial charge in [0, 0.05) is 18.9 Å². The molecule has 0 aliphatic carbocycles. The maximum absolute atomic E-state index is 11.6. The van der Waals surface area contributed by atoms with Gasteiger partial charge in [0.1, 0.15) is 0 Å². The molecule has 2 N–H and O–H groups in total. The highest BCUT2D eigenvalue weighted by molar-refractivity contribution is 5.69. The fraction of sp³-hybridized carbons (Fsp3) is 0.929. The second-order valence-electron chi connectivity index (χ2n) is 5.18. The standard InChI is InChI=1S/C14H27NO3/c1-2-3-12(6-8-15)4-5-14(16)18-11-13-7-9-17-10-13/h12-13H,2-11,15H2,1H3. The molecule has 0 spiro atoms. The summed E-state index contributed by atoms with van der Waals surface area (Å²) in [7, 11) is 0. The average Bonchev–Trinajstić information content (AvgIpc) is 2.87. The summed E-state index contributed by atoms with van der Waals surface area (Å²) in [5.41, 5.74) is 5.58. The third kappa shape index (κ3) is 6.36. The molecule has 0 aromatic carbocycles. The van der Waals surface area contributed by atoms with E-state index in [4.69, 9.17) is 15.2 Å². The van der Waals surface area contributed by atoms with Gasteiger partial charge in [-0.2, -0.15) is 0 Å². The van der Waals surface area contributed by atoms with Crippen LogP contribution in [0.4, 0.5) is 0 Å². The highest BCUT2D eigenvalue weighted by Gasteiger charge is 2.18. The van der Waals surface area contributed by atoms with Crippen molar-refractivity contribution < 1.29 is 14.3 Å². The van der Waals surface area contributed by atoms with Crippen molar-refractivity contribution in [2.24, 2.45) is 17.6 Å². The van der Waals surface area contributed by atoms with Crippen LogP contribution in [0.5, 0.6) is 0 Å². The number of nitrogens with two attached hydrogens (primary N) is 1. The van der Waals surface area contributed by atoms with E-state index in [-0.39, 0.29) is 5.97 Å². The van der Waals surface area contributed by atoms with Crippen LogP contribution in [0.15, 0.2) is 0 Å². The summed E-state index contributed by atoms with van der Waals surface area (Å²) in [5.74, 6) is 0.909. The van der Waals surface area contributed by atoms with Crippen molar-refractivity contribution >= 4 is 5.97 Å². The van der Waals surface area contributed by atoms with Gasteiger partial charge in [0.2, 0.25) is 0 Å². The molecule has 0 aromatic heterocycles. The quantitative estimate of drug-likeness (QED) is 0.643. The minimum atomic E-state index is -0.0694. The van der Waals surface area contributed by atoms with E-state index in [1.54, 1.807) is 0 Å². The maximum Gasteiger partial charge on any atom is 0.305 e. The Bertz CT molecular complexity index is 221. The van der Waals surface area contributed by atoms with Gasteiger partial charge in [0.05, 0.1) is 13.2 Å². The van der Waals surface area contributed by atoms with Crippen molar-refractivity contribution in [3.05, 3.63) is 0 Å². The summed E-state index contributed by atoms with van der Waals surface area (Å²) in [4.78, 5) is 11.6. The minimum Gasteiger partial charge on any atom is -0.465 e. The Morgan fingerprint density at radius 3 is 2.89 bits per heavy atom. The van der Waals surface area contributed by atoms with Gasteiger partial charge in [-0.05, 0) is 31.7 Å². The molecule has 0 radical (unpaired) electrons. The first kappa shape index (κ1) is 15.4. The molecule has 2 atom stereocenters. The molecule has 4 nitrogen and oxygen atoms in total. The van der Waals surface area contributed by atoms with Crippen LogP contribution in [0.2, 0.25) is 0 Å². The summed E-state index contributed by atoms with van der Waals surface area (Å²) in [5, 5.41) is 0. The third-order valence-electron chi connectivity index (χ3n) is 3.53. The molecule has 1 rings (SSSR count).